The van der Waals surface area contributed by atoms with Crippen molar-refractivity contribution in [2.45, 2.75) is 33.7 Å². The number of rotatable bonds is 6. The molecule has 0 heterocycles. The fourth-order valence-electron chi connectivity index (χ4n) is 2.87. The van der Waals surface area contributed by atoms with Gasteiger partial charge in [0.05, 0.1) is 28.1 Å². The zero-order chi connectivity index (χ0) is 21.2. The number of benzene rings is 2. The Morgan fingerprint density at radius 1 is 1.14 bits per heavy atom. The average molecular weight is 405 g/mol. The van der Waals surface area contributed by atoms with Gasteiger partial charge in [0.2, 0.25) is 15.9 Å². The highest BCUT2D eigenvalue weighted by molar-refractivity contribution is 7.92. The molecule has 0 radical (unpaired) electrons. The van der Waals surface area contributed by atoms with Crippen molar-refractivity contribution in [1.82, 2.24) is 0 Å². The molecular formula is C19H23N3O5S. The molecule has 1 amide bonds. The van der Waals surface area contributed by atoms with E-state index in [1.54, 1.807) is 18.2 Å². The Morgan fingerprint density at radius 2 is 1.79 bits per heavy atom. The van der Waals surface area contributed by atoms with Gasteiger partial charge in [-0.3, -0.25) is 19.2 Å². The largest absolute Gasteiger partial charge is 0.324 e. The lowest BCUT2D eigenvalue weighted by molar-refractivity contribution is -0.385. The molecule has 0 fully saturated rings. The second-order valence-corrected chi connectivity index (χ2v) is 8.56. The first-order valence-electron chi connectivity index (χ1n) is 8.55. The van der Waals surface area contributed by atoms with Crippen molar-refractivity contribution in [1.29, 1.82) is 0 Å². The Hall–Kier alpha value is -2.94. The molecule has 0 aliphatic carbocycles. The predicted octanol–water partition coefficient (Wildman–Crippen LogP) is 3.31. The van der Waals surface area contributed by atoms with Crippen LogP contribution in [-0.2, 0) is 14.8 Å². The van der Waals surface area contributed by atoms with E-state index in [1.165, 1.54) is 32.0 Å². The highest BCUT2D eigenvalue weighted by Crippen LogP contribution is 2.27. The fourth-order valence-corrected chi connectivity index (χ4v) is 4.03. The van der Waals surface area contributed by atoms with E-state index in [4.69, 9.17) is 0 Å². The molecule has 2 aromatic carbocycles. The number of amides is 1. The summed E-state index contributed by atoms with van der Waals surface area (Å²) in [6.07, 6.45) is 1.03. The minimum Gasteiger partial charge on any atom is -0.324 e. The number of nitrogens with zero attached hydrogens (tertiary/aromatic N) is 2. The van der Waals surface area contributed by atoms with Gasteiger partial charge in [-0.1, -0.05) is 12.1 Å². The van der Waals surface area contributed by atoms with Gasteiger partial charge >= 0.3 is 0 Å². The van der Waals surface area contributed by atoms with Crippen LogP contribution in [-0.4, -0.2) is 31.5 Å². The monoisotopic (exact) mass is 405 g/mol. The van der Waals surface area contributed by atoms with Gasteiger partial charge < -0.3 is 5.32 Å². The number of hydrogen-bond donors (Lipinski definition) is 1. The van der Waals surface area contributed by atoms with Crippen molar-refractivity contribution in [2.24, 2.45) is 0 Å². The Kier molecular flexibility index (Phi) is 6.08. The van der Waals surface area contributed by atoms with Crippen molar-refractivity contribution < 1.29 is 18.1 Å². The van der Waals surface area contributed by atoms with E-state index in [2.05, 4.69) is 5.32 Å². The van der Waals surface area contributed by atoms with Crippen molar-refractivity contribution in [2.75, 3.05) is 15.9 Å². The van der Waals surface area contributed by atoms with Gasteiger partial charge in [0.15, 0.2) is 0 Å². The van der Waals surface area contributed by atoms with E-state index in [1.807, 2.05) is 13.8 Å². The molecule has 2 rings (SSSR count). The number of hydrogen-bond acceptors (Lipinski definition) is 5. The smallest absolute Gasteiger partial charge is 0.274 e. The topological polar surface area (TPSA) is 110 Å². The van der Waals surface area contributed by atoms with E-state index in [-0.39, 0.29) is 11.4 Å². The third kappa shape index (κ3) is 4.48. The summed E-state index contributed by atoms with van der Waals surface area (Å²) in [4.78, 5) is 23.3. The molecule has 0 bridgehead atoms. The summed E-state index contributed by atoms with van der Waals surface area (Å²) >= 11 is 0. The molecule has 2 aromatic rings. The standard InChI is InChI=1S/C19H23N3O5S/c1-12-9-10-16(11-13(12)2)21(28(5,26)27)15(4)19(23)20-17-7-6-8-18(14(17)3)22(24)25/h6-11,15H,1-5H3,(H,20,23)/t15-/m0/s1. The molecule has 8 nitrogen and oxygen atoms in total. The van der Waals surface area contributed by atoms with E-state index in [0.29, 0.717) is 11.3 Å². The number of aryl methyl sites for hydroxylation is 2. The maximum atomic E-state index is 12.8. The number of carbonyl (C=O) groups excluding carboxylic acids is 1. The molecule has 150 valence electrons. The Morgan fingerprint density at radius 3 is 2.32 bits per heavy atom. The molecule has 0 saturated heterocycles. The molecule has 0 saturated carbocycles. The van der Waals surface area contributed by atoms with Gasteiger partial charge in [0.25, 0.3) is 5.69 Å². The summed E-state index contributed by atoms with van der Waals surface area (Å²) in [6, 6.07) is 8.42. The van der Waals surface area contributed by atoms with Crippen LogP contribution in [0.25, 0.3) is 0 Å². The van der Waals surface area contributed by atoms with Crippen LogP contribution in [0, 0.1) is 30.9 Å². The van der Waals surface area contributed by atoms with E-state index >= 15 is 0 Å². The van der Waals surface area contributed by atoms with Crippen LogP contribution in [0.4, 0.5) is 17.1 Å². The van der Waals surface area contributed by atoms with Crippen LogP contribution in [0.1, 0.15) is 23.6 Å². The Bertz CT molecular complexity index is 1030. The Labute approximate surface area is 164 Å². The zero-order valence-corrected chi connectivity index (χ0v) is 17.2. The number of anilines is 2. The lowest BCUT2D eigenvalue weighted by atomic mass is 10.1. The van der Waals surface area contributed by atoms with Crippen LogP contribution in [0.5, 0.6) is 0 Å². The lowest BCUT2D eigenvalue weighted by Crippen LogP contribution is -2.45. The maximum Gasteiger partial charge on any atom is 0.274 e. The zero-order valence-electron chi connectivity index (χ0n) is 16.4. The summed E-state index contributed by atoms with van der Waals surface area (Å²) in [5, 5.41) is 13.7. The van der Waals surface area contributed by atoms with Crippen molar-refractivity contribution in [3.05, 3.63) is 63.2 Å². The van der Waals surface area contributed by atoms with Crippen molar-refractivity contribution in [3.63, 3.8) is 0 Å². The molecule has 0 aromatic heterocycles. The van der Waals surface area contributed by atoms with Gasteiger partial charge in [-0.05, 0) is 57.0 Å². The van der Waals surface area contributed by atoms with E-state index in [9.17, 15) is 23.3 Å². The minimum absolute atomic E-state index is 0.125. The molecular weight excluding hydrogens is 382 g/mol. The summed E-state index contributed by atoms with van der Waals surface area (Å²) in [6.45, 7) is 6.76. The lowest BCUT2D eigenvalue weighted by Gasteiger charge is -2.29. The normalized spacial score (nSPS) is 12.3. The number of nitrogens with one attached hydrogen (secondary N) is 1. The van der Waals surface area contributed by atoms with E-state index < -0.39 is 26.9 Å². The maximum absolute atomic E-state index is 12.8. The molecule has 28 heavy (non-hydrogen) atoms. The Balaban J connectivity index is 2.39. The van der Waals surface area contributed by atoms with Gasteiger partial charge in [-0.25, -0.2) is 8.42 Å². The first-order valence-corrected chi connectivity index (χ1v) is 10.4. The van der Waals surface area contributed by atoms with Gasteiger partial charge in [-0.15, -0.1) is 0 Å². The van der Waals surface area contributed by atoms with Gasteiger partial charge in [0.1, 0.15) is 6.04 Å². The van der Waals surface area contributed by atoms with Gasteiger partial charge in [0, 0.05) is 6.07 Å². The third-order valence-corrected chi connectivity index (χ3v) is 5.83. The summed E-state index contributed by atoms with van der Waals surface area (Å²) in [7, 11) is -3.75. The molecule has 1 N–H and O–H groups in total. The molecule has 0 spiro atoms. The number of nitro benzene ring substituents is 1. The number of carbonyl (C=O) groups is 1. The second kappa shape index (κ2) is 7.97. The average Bonchev–Trinajstić information content (AvgIpc) is 2.58. The van der Waals surface area contributed by atoms with Gasteiger partial charge in [-0.2, -0.15) is 0 Å². The molecule has 0 aliphatic rings. The summed E-state index contributed by atoms with van der Waals surface area (Å²) in [5.74, 6) is -0.591. The highest BCUT2D eigenvalue weighted by Gasteiger charge is 2.30. The SMILES string of the molecule is Cc1ccc(N([C@@H](C)C(=O)Nc2cccc([N+](=O)[O-])c2C)S(C)(=O)=O)cc1C. The number of sulfonamides is 1. The minimum atomic E-state index is -3.75. The van der Waals surface area contributed by atoms with Crippen LogP contribution < -0.4 is 9.62 Å². The highest BCUT2D eigenvalue weighted by atomic mass is 32.2. The van der Waals surface area contributed by atoms with E-state index in [0.717, 1.165) is 21.7 Å². The van der Waals surface area contributed by atoms with Crippen LogP contribution in [0.3, 0.4) is 0 Å². The van der Waals surface area contributed by atoms with Crippen molar-refractivity contribution >= 4 is 33.0 Å². The first-order chi connectivity index (χ1) is 12.9. The quantitative estimate of drug-likeness (QED) is 0.586. The predicted molar refractivity (Wildman–Crippen MR) is 109 cm³/mol. The molecule has 1 atom stereocenters. The van der Waals surface area contributed by atoms with Crippen LogP contribution in [0.2, 0.25) is 0 Å². The molecule has 9 heteroatoms. The summed E-state index contributed by atoms with van der Waals surface area (Å²) in [5.41, 5.74) is 2.71. The number of nitro groups is 1. The third-order valence-electron chi connectivity index (χ3n) is 4.59. The van der Waals surface area contributed by atoms with Crippen LogP contribution in [0.15, 0.2) is 36.4 Å². The molecule has 0 aliphatic heterocycles. The second-order valence-electron chi connectivity index (χ2n) is 6.70. The molecule has 0 unspecified atom stereocenters. The first kappa shape index (κ1) is 21.4. The summed E-state index contributed by atoms with van der Waals surface area (Å²) < 4.78 is 25.8. The van der Waals surface area contributed by atoms with Crippen molar-refractivity contribution in [3.8, 4) is 0 Å². The fraction of sp³-hybridized carbons (Fsp3) is 0.316. The van der Waals surface area contributed by atoms with Crippen LogP contribution >= 0.6 is 0 Å².